The Balaban J connectivity index is 1.16. The molecule has 1 aromatic carbocycles. The summed E-state index contributed by atoms with van der Waals surface area (Å²) in [5.41, 5.74) is 1.96. The minimum Gasteiger partial charge on any atom is -0.351 e. The molecule has 0 atom stereocenters. The molecule has 0 saturated heterocycles. The average molecular weight is 380 g/mol. The molecule has 0 radical (unpaired) electrons. The van der Waals surface area contributed by atoms with Gasteiger partial charge >= 0.3 is 0 Å². The minimum absolute atomic E-state index is 0.0267. The van der Waals surface area contributed by atoms with E-state index in [4.69, 9.17) is 0 Å². The van der Waals surface area contributed by atoms with Gasteiger partial charge in [0.25, 0.3) is 11.8 Å². The number of amides is 3. The van der Waals surface area contributed by atoms with E-state index in [1.807, 2.05) is 13.0 Å². The van der Waals surface area contributed by atoms with Crippen molar-refractivity contribution < 1.29 is 14.4 Å². The lowest BCUT2D eigenvalue weighted by Gasteiger charge is -2.56. The predicted molar refractivity (Wildman–Crippen MR) is 105 cm³/mol. The lowest BCUT2D eigenvalue weighted by Crippen LogP contribution is -2.59. The minimum atomic E-state index is -0.235. The molecule has 3 amide bonds. The number of fused-ring (bicyclic) bond motifs is 1. The smallest absolute Gasteiger partial charge is 0.261 e. The third-order valence-electron chi connectivity index (χ3n) is 7.35. The topological polar surface area (TPSA) is 66.5 Å². The van der Waals surface area contributed by atoms with Gasteiger partial charge < -0.3 is 5.32 Å². The molecule has 1 aliphatic heterocycles. The quantitative estimate of drug-likeness (QED) is 0.796. The van der Waals surface area contributed by atoms with Gasteiger partial charge in [-0.1, -0.05) is 11.6 Å². The number of hydrogen-bond donors (Lipinski definition) is 1. The first-order chi connectivity index (χ1) is 13.4. The van der Waals surface area contributed by atoms with Crippen LogP contribution in [0.5, 0.6) is 0 Å². The van der Waals surface area contributed by atoms with E-state index in [1.54, 1.807) is 12.1 Å². The van der Waals surface area contributed by atoms with E-state index in [1.165, 1.54) is 24.2 Å². The average Bonchev–Trinajstić information content (AvgIpc) is 2.84. The highest BCUT2D eigenvalue weighted by molar-refractivity contribution is 6.21. The van der Waals surface area contributed by atoms with Crippen molar-refractivity contribution in [2.24, 2.45) is 17.8 Å². The van der Waals surface area contributed by atoms with Crippen LogP contribution in [0.2, 0.25) is 0 Å². The number of rotatable bonds is 5. The van der Waals surface area contributed by atoms with Crippen LogP contribution in [0.4, 0.5) is 0 Å². The van der Waals surface area contributed by atoms with Gasteiger partial charge in [0.1, 0.15) is 0 Å². The van der Waals surface area contributed by atoms with Gasteiger partial charge in [0.05, 0.1) is 11.1 Å². The van der Waals surface area contributed by atoms with Crippen LogP contribution in [-0.2, 0) is 4.79 Å². The van der Waals surface area contributed by atoms with Crippen LogP contribution in [0.1, 0.15) is 77.6 Å². The summed E-state index contributed by atoms with van der Waals surface area (Å²) in [6.07, 6.45) is 8.38. The van der Waals surface area contributed by atoms with E-state index < -0.39 is 0 Å². The monoisotopic (exact) mass is 380 g/mol. The Bertz CT molecular complexity index is 824. The summed E-state index contributed by atoms with van der Waals surface area (Å²) in [6.45, 7) is 2.22. The molecule has 1 aromatic rings. The van der Waals surface area contributed by atoms with Crippen LogP contribution in [0.15, 0.2) is 18.2 Å². The van der Waals surface area contributed by atoms with E-state index in [0.717, 1.165) is 42.6 Å². The van der Waals surface area contributed by atoms with Crippen LogP contribution in [-0.4, -0.2) is 34.7 Å². The number of hydrogen-bond acceptors (Lipinski definition) is 3. The molecule has 6 rings (SSSR count). The fourth-order valence-corrected chi connectivity index (χ4v) is 6.63. The maximum atomic E-state index is 12.6. The summed E-state index contributed by atoms with van der Waals surface area (Å²) >= 11 is 0. The van der Waals surface area contributed by atoms with Crippen molar-refractivity contribution in [2.45, 2.75) is 63.8 Å². The molecular weight excluding hydrogens is 352 g/mol. The molecule has 0 spiro atoms. The van der Waals surface area contributed by atoms with Crippen molar-refractivity contribution in [1.29, 1.82) is 0 Å². The summed E-state index contributed by atoms with van der Waals surface area (Å²) in [7, 11) is 0. The first kappa shape index (κ1) is 17.9. The van der Waals surface area contributed by atoms with Gasteiger partial charge in [0.2, 0.25) is 5.91 Å². The highest BCUT2D eigenvalue weighted by Gasteiger charge is 2.51. The van der Waals surface area contributed by atoms with Crippen LogP contribution < -0.4 is 5.32 Å². The van der Waals surface area contributed by atoms with Crippen molar-refractivity contribution in [2.75, 3.05) is 6.54 Å². The number of aryl methyl sites for hydroxylation is 1. The Hall–Kier alpha value is -2.17. The van der Waals surface area contributed by atoms with E-state index in [9.17, 15) is 14.4 Å². The summed E-state index contributed by atoms with van der Waals surface area (Å²) in [4.78, 5) is 39.0. The van der Waals surface area contributed by atoms with E-state index >= 15 is 0 Å². The third-order valence-corrected chi connectivity index (χ3v) is 7.35. The second kappa shape index (κ2) is 6.43. The lowest BCUT2D eigenvalue weighted by atomic mass is 9.53. The Kier molecular flexibility index (Phi) is 4.11. The molecule has 0 unspecified atom stereocenters. The van der Waals surface area contributed by atoms with Gasteiger partial charge in [-0.3, -0.25) is 19.3 Å². The van der Waals surface area contributed by atoms with Crippen molar-refractivity contribution in [3.63, 3.8) is 0 Å². The van der Waals surface area contributed by atoms with Crippen molar-refractivity contribution >= 4 is 17.7 Å². The molecule has 4 fully saturated rings. The van der Waals surface area contributed by atoms with Crippen molar-refractivity contribution in [3.05, 3.63) is 34.9 Å². The van der Waals surface area contributed by atoms with E-state index in [-0.39, 0.29) is 23.3 Å². The highest BCUT2D eigenvalue weighted by Crippen LogP contribution is 2.55. The fraction of sp³-hybridized carbons (Fsp3) is 0.609. The molecule has 5 nitrogen and oxygen atoms in total. The zero-order chi connectivity index (χ0) is 19.5. The first-order valence-corrected chi connectivity index (χ1v) is 10.7. The van der Waals surface area contributed by atoms with E-state index in [2.05, 4.69) is 5.32 Å². The second-order valence-electron chi connectivity index (χ2n) is 9.66. The third kappa shape index (κ3) is 2.96. The zero-order valence-corrected chi connectivity index (χ0v) is 16.5. The fourth-order valence-electron chi connectivity index (χ4n) is 6.63. The molecular formula is C23H28N2O3. The largest absolute Gasteiger partial charge is 0.351 e. The molecule has 4 saturated carbocycles. The normalized spacial score (nSPS) is 32.8. The van der Waals surface area contributed by atoms with Gasteiger partial charge in [-0.2, -0.15) is 0 Å². The van der Waals surface area contributed by atoms with Crippen LogP contribution in [0, 0.1) is 24.7 Å². The zero-order valence-electron chi connectivity index (χ0n) is 16.5. The van der Waals surface area contributed by atoms with Gasteiger partial charge in [-0.05, 0) is 81.8 Å². The maximum absolute atomic E-state index is 12.6. The number of nitrogens with zero attached hydrogens (tertiary/aromatic N) is 1. The van der Waals surface area contributed by atoms with Crippen LogP contribution in [0.3, 0.4) is 0 Å². The van der Waals surface area contributed by atoms with Gasteiger partial charge in [0, 0.05) is 18.5 Å². The second-order valence-corrected chi connectivity index (χ2v) is 9.66. The molecule has 0 aromatic heterocycles. The number of benzene rings is 1. The molecule has 1 N–H and O–H groups in total. The molecule has 1 heterocycles. The van der Waals surface area contributed by atoms with Crippen LogP contribution >= 0.6 is 0 Å². The first-order valence-electron chi connectivity index (χ1n) is 10.7. The van der Waals surface area contributed by atoms with Crippen molar-refractivity contribution in [1.82, 2.24) is 10.2 Å². The number of carbonyl (C=O) groups excluding carboxylic acids is 3. The predicted octanol–water partition coefficient (Wildman–Crippen LogP) is 3.46. The Morgan fingerprint density at radius 3 is 2.29 bits per heavy atom. The molecule has 148 valence electrons. The number of carbonyl (C=O) groups is 3. The Labute approximate surface area is 165 Å². The van der Waals surface area contributed by atoms with Gasteiger partial charge in [-0.15, -0.1) is 0 Å². The molecule has 5 heteroatoms. The molecule has 28 heavy (non-hydrogen) atoms. The summed E-state index contributed by atoms with van der Waals surface area (Å²) in [6, 6.07) is 5.35. The molecule has 4 aliphatic carbocycles. The lowest BCUT2D eigenvalue weighted by molar-refractivity contribution is -0.127. The number of nitrogens with one attached hydrogen (secondary N) is 1. The summed E-state index contributed by atoms with van der Waals surface area (Å²) in [5, 5.41) is 3.37. The van der Waals surface area contributed by atoms with Crippen LogP contribution in [0.25, 0.3) is 0 Å². The van der Waals surface area contributed by atoms with E-state index in [0.29, 0.717) is 30.5 Å². The summed E-state index contributed by atoms with van der Waals surface area (Å²) in [5.74, 6) is 2.01. The van der Waals surface area contributed by atoms with Crippen molar-refractivity contribution in [3.8, 4) is 0 Å². The van der Waals surface area contributed by atoms with Gasteiger partial charge in [0.15, 0.2) is 0 Å². The standard InChI is InChI=1S/C23H28N2O3/c1-14-4-5-18-19(7-14)22(28)25(21(18)27)6-2-3-20(26)24-23-11-15-8-16(12-23)10-17(9-15)13-23/h4-5,7,15-17H,2-3,6,8-13H2,1H3,(H,24,26). The Morgan fingerprint density at radius 2 is 1.64 bits per heavy atom. The highest BCUT2D eigenvalue weighted by atomic mass is 16.2. The Morgan fingerprint density at radius 1 is 1.04 bits per heavy atom. The SMILES string of the molecule is Cc1ccc2c(c1)C(=O)N(CCCC(=O)NC13CC4CC(CC(C4)C1)C3)C2=O. The van der Waals surface area contributed by atoms with Gasteiger partial charge in [-0.25, -0.2) is 0 Å². The molecule has 4 bridgehead atoms. The summed E-state index contributed by atoms with van der Waals surface area (Å²) < 4.78 is 0. The maximum Gasteiger partial charge on any atom is 0.261 e. The number of imide groups is 1. The molecule has 5 aliphatic rings.